The number of aromatic carboxylic acids is 1. The Morgan fingerprint density at radius 1 is 0.935 bits per heavy atom. The maximum Gasteiger partial charge on any atom is 0.335 e. The van der Waals surface area contributed by atoms with Crippen LogP contribution in [0.15, 0.2) is 46.2 Å². The summed E-state index contributed by atoms with van der Waals surface area (Å²) < 4.78 is 55.4. The molecule has 1 aliphatic heterocycles. The van der Waals surface area contributed by atoms with Gasteiger partial charge in [0, 0.05) is 18.8 Å². The molecule has 2 N–H and O–H groups in total. The minimum absolute atomic E-state index is 0.109. The first-order valence-corrected chi connectivity index (χ1v) is 12.9. The standard InChI is InChI=1S/C21H26N2O6S2/c1-15-13-17(21(24)25)14-20(16(15)2)30(26,27)22-18-7-9-19(10-8-18)31(28,29)23-11-5-3-4-6-12-23/h7-10,13-14,22H,3-6,11-12H2,1-2H3,(H,24,25). The third kappa shape index (κ3) is 5.08. The maximum atomic E-state index is 12.9. The van der Waals surface area contributed by atoms with Gasteiger partial charge in [0.2, 0.25) is 10.0 Å². The molecule has 1 fully saturated rings. The summed E-state index contributed by atoms with van der Waals surface area (Å²) in [6.45, 7) is 4.21. The summed E-state index contributed by atoms with van der Waals surface area (Å²) >= 11 is 0. The molecule has 0 bridgehead atoms. The lowest BCUT2D eigenvalue weighted by atomic mass is 10.1. The monoisotopic (exact) mass is 466 g/mol. The first-order valence-electron chi connectivity index (χ1n) is 10.00. The van der Waals surface area contributed by atoms with Crippen molar-refractivity contribution in [2.24, 2.45) is 0 Å². The molecule has 1 heterocycles. The molecular weight excluding hydrogens is 440 g/mol. The van der Waals surface area contributed by atoms with Gasteiger partial charge in [-0.25, -0.2) is 21.6 Å². The number of carbonyl (C=O) groups is 1. The van der Waals surface area contributed by atoms with Crippen molar-refractivity contribution in [2.45, 2.75) is 49.3 Å². The summed E-state index contributed by atoms with van der Waals surface area (Å²) in [6, 6.07) is 8.08. The number of benzene rings is 2. The number of hydrogen-bond acceptors (Lipinski definition) is 5. The van der Waals surface area contributed by atoms with Crippen molar-refractivity contribution in [3.8, 4) is 0 Å². The summed E-state index contributed by atoms with van der Waals surface area (Å²) in [4.78, 5) is 11.3. The maximum absolute atomic E-state index is 12.9. The molecule has 1 aliphatic rings. The molecule has 8 nitrogen and oxygen atoms in total. The van der Waals surface area contributed by atoms with Crippen LogP contribution in [0.25, 0.3) is 0 Å². The summed E-state index contributed by atoms with van der Waals surface area (Å²) in [5.41, 5.74) is 1.05. The normalized spacial score (nSPS) is 15.9. The van der Waals surface area contributed by atoms with Crippen LogP contribution in [0.3, 0.4) is 0 Å². The molecule has 2 aromatic carbocycles. The van der Waals surface area contributed by atoms with Crippen molar-refractivity contribution in [1.29, 1.82) is 0 Å². The van der Waals surface area contributed by atoms with Crippen LogP contribution in [0.1, 0.15) is 47.2 Å². The van der Waals surface area contributed by atoms with Crippen molar-refractivity contribution < 1.29 is 26.7 Å². The zero-order valence-electron chi connectivity index (χ0n) is 17.5. The number of sulfonamides is 2. The minimum atomic E-state index is -4.07. The molecule has 0 aromatic heterocycles. The predicted molar refractivity (Wildman–Crippen MR) is 117 cm³/mol. The van der Waals surface area contributed by atoms with E-state index in [2.05, 4.69) is 4.72 Å². The van der Waals surface area contributed by atoms with Gasteiger partial charge in [-0.05, 0) is 74.2 Å². The number of rotatable bonds is 6. The Morgan fingerprint density at radius 3 is 2.06 bits per heavy atom. The number of aryl methyl sites for hydroxylation is 1. The molecule has 2 aromatic rings. The Balaban J connectivity index is 1.86. The highest BCUT2D eigenvalue weighted by atomic mass is 32.2. The Hall–Kier alpha value is -2.43. The smallest absolute Gasteiger partial charge is 0.335 e. The van der Waals surface area contributed by atoms with E-state index < -0.39 is 26.0 Å². The van der Waals surface area contributed by atoms with E-state index in [0.29, 0.717) is 24.2 Å². The quantitative estimate of drug-likeness (QED) is 0.673. The summed E-state index contributed by atoms with van der Waals surface area (Å²) in [7, 11) is -7.70. The van der Waals surface area contributed by atoms with Crippen LogP contribution in [0.4, 0.5) is 5.69 Å². The second-order valence-electron chi connectivity index (χ2n) is 7.67. The van der Waals surface area contributed by atoms with Crippen LogP contribution < -0.4 is 4.72 Å². The number of nitrogens with one attached hydrogen (secondary N) is 1. The van der Waals surface area contributed by atoms with Gasteiger partial charge in [0.25, 0.3) is 10.0 Å². The molecule has 0 spiro atoms. The Labute approximate surface area is 183 Å². The molecule has 0 saturated carbocycles. The second kappa shape index (κ2) is 8.97. The lowest BCUT2D eigenvalue weighted by Gasteiger charge is -2.20. The van der Waals surface area contributed by atoms with Crippen LogP contribution in [-0.4, -0.2) is 45.3 Å². The van der Waals surface area contributed by atoms with Crippen molar-refractivity contribution in [1.82, 2.24) is 4.31 Å². The lowest BCUT2D eigenvalue weighted by Crippen LogP contribution is -2.31. The van der Waals surface area contributed by atoms with Gasteiger partial charge in [0.05, 0.1) is 15.4 Å². The van der Waals surface area contributed by atoms with Gasteiger partial charge in [-0.15, -0.1) is 0 Å². The molecule has 31 heavy (non-hydrogen) atoms. The molecule has 10 heteroatoms. The van der Waals surface area contributed by atoms with E-state index in [9.17, 15) is 26.7 Å². The Kier molecular flexibility index (Phi) is 6.73. The molecule has 1 saturated heterocycles. The van der Waals surface area contributed by atoms with E-state index in [1.807, 2.05) is 0 Å². The largest absolute Gasteiger partial charge is 0.478 e. The van der Waals surface area contributed by atoms with E-state index in [1.165, 1.54) is 34.6 Å². The SMILES string of the molecule is Cc1cc(C(=O)O)cc(S(=O)(=O)Nc2ccc(S(=O)(=O)N3CCCCCC3)cc2)c1C. The highest BCUT2D eigenvalue weighted by Gasteiger charge is 2.26. The van der Waals surface area contributed by atoms with Gasteiger partial charge in [-0.3, -0.25) is 4.72 Å². The second-order valence-corrected chi connectivity index (χ2v) is 11.3. The number of anilines is 1. The average molecular weight is 467 g/mol. The highest BCUT2D eigenvalue weighted by molar-refractivity contribution is 7.92. The first-order chi connectivity index (χ1) is 14.5. The highest BCUT2D eigenvalue weighted by Crippen LogP contribution is 2.26. The van der Waals surface area contributed by atoms with Gasteiger partial charge >= 0.3 is 5.97 Å². The van der Waals surface area contributed by atoms with Crippen molar-refractivity contribution in [3.05, 3.63) is 53.1 Å². The topological polar surface area (TPSA) is 121 Å². The third-order valence-electron chi connectivity index (χ3n) is 5.47. The average Bonchev–Trinajstić information content (AvgIpc) is 3.00. The molecule has 0 atom stereocenters. The van der Waals surface area contributed by atoms with Crippen LogP contribution in [0.2, 0.25) is 0 Å². The van der Waals surface area contributed by atoms with Crippen molar-refractivity contribution >= 4 is 31.7 Å². The van der Waals surface area contributed by atoms with E-state index >= 15 is 0 Å². The fourth-order valence-electron chi connectivity index (χ4n) is 3.57. The van der Waals surface area contributed by atoms with Gasteiger partial charge in [0.1, 0.15) is 0 Å². The number of carboxylic acids is 1. The molecule has 0 amide bonds. The Morgan fingerprint density at radius 2 is 1.52 bits per heavy atom. The van der Waals surface area contributed by atoms with Gasteiger partial charge in [-0.2, -0.15) is 4.31 Å². The van der Waals surface area contributed by atoms with E-state index in [-0.39, 0.29) is 21.0 Å². The van der Waals surface area contributed by atoms with Crippen molar-refractivity contribution in [3.63, 3.8) is 0 Å². The summed E-state index contributed by atoms with van der Waals surface area (Å²) in [5, 5.41) is 9.24. The van der Waals surface area contributed by atoms with E-state index in [0.717, 1.165) is 31.7 Å². The summed E-state index contributed by atoms with van der Waals surface area (Å²) in [5.74, 6) is -1.22. The van der Waals surface area contributed by atoms with Crippen LogP contribution in [0, 0.1) is 13.8 Å². The Bertz CT molecular complexity index is 1180. The van der Waals surface area contributed by atoms with Gasteiger partial charge in [-0.1, -0.05) is 12.8 Å². The van der Waals surface area contributed by atoms with Gasteiger partial charge in [0.15, 0.2) is 0 Å². The predicted octanol–water partition coefficient (Wildman–Crippen LogP) is 3.37. The van der Waals surface area contributed by atoms with Crippen LogP contribution >= 0.6 is 0 Å². The van der Waals surface area contributed by atoms with Crippen molar-refractivity contribution in [2.75, 3.05) is 17.8 Å². The first kappa shape index (κ1) is 23.2. The van der Waals surface area contributed by atoms with E-state index in [4.69, 9.17) is 0 Å². The molecular formula is C21H26N2O6S2. The fourth-order valence-corrected chi connectivity index (χ4v) is 6.49. The minimum Gasteiger partial charge on any atom is -0.478 e. The molecule has 0 aliphatic carbocycles. The third-order valence-corrected chi connectivity index (χ3v) is 8.89. The zero-order valence-corrected chi connectivity index (χ0v) is 19.1. The molecule has 3 rings (SSSR count). The number of nitrogens with zero attached hydrogens (tertiary/aromatic N) is 1. The summed E-state index contributed by atoms with van der Waals surface area (Å²) in [6.07, 6.45) is 3.67. The lowest BCUT2D eigenvalue weighted by molar-refractivity contribution is 0.0696. The zero-order chi connectivity index (χ0) is 22.8. The van der Waals surface area contributed by atoms with E-state index in [1.54, 1.807) is 13.8 Å². The van der Waals surface area contributed by atoms with Gasteiger partial charge < -0.3 is 5.11 Å². The fraction of sp³-hybridized carbons (Fsp3) is 0.381. The van der Waals surface area contributed by atoms with Crippen LogP contribution in [0.5, 0.6) is 0 Å². The van der Waals surface area contributed by atoms with Crippen LogP contribution in [-0.2, 0) is 20.0 Å². The number of carboxylic acid groups (broad SMARTS) is 1. The number of hydrogen-bond donors (Lipinski definition) is 2. The molecule has 0 radical (unpaired) electrons. The molecule has 0 unspecified atom stereocenters. The molecule has 168 valence electrons.